The van der Waals surface area contributed by atoms with Crippen molar-refractivity contribution in [1.82, 2.24) is 10.2 Å². The van der Waals surface area contributed by atoms with Crippen molar-refractivity contribution in [3.63, 3.8) is 0 Å². The molecule has 9 nitrogen and oxygen atoms in total. The number of carbonyl (C=O) groups is 2. The third kappa shape index (κ3) is 6.98. The Kier molecular flexibility index (Phi) is 8.81. The third-order valence-corrected chi connectivity index (χ3v) is 8.29. The summed E-state index contributed by atoms with van der Waals surface area (Å²) in [6, 6.07) is 12.4. The second-order valence-corrected chi connectivity index (χ2v) is 12.1. The first-order valence-corrected chi connectivity index (χ1v) is 15.0. The van der Waals surface area contributed by atoms with Gasteiger partial charge in [0.1, 0.15) is 6.04 Å². The molecule has 0 unspecified atom stereocenters. The highest BCUT2D eigenvalue weighted by atomic mass is 32.2. The Morgan fingerprint density at radius 1 is 1.08 bits per heavy atom. The molecule has 2 amide bonds. The van der Waals surface area contributed by atoms with Gasteiger partial charge in [0.05, 0.1) is 11.9 Å². The Morgan fingerprint density at radius 2 is 1.82 bits per heavy atom. The standard InChI is InChI=1S/C28H37N3O6S/c1-20-8-6-9-22(16-20)18-30(21(2)28(33)29-23-10-4-5-11-23)27(32)12-7-15-31(38(3,34)35)24-13-14-25-26(17-24)37-19-36-25/h6,8-9,13-14,16-17,21,23H,4-5,7,10-12,15,18-19H2,1-3H3,(H,29,33)/t21-/m1/s1. The average molecular weight is 544 g/mol. The summed E-state index contributed by atoms with van der Waals surface area (Å²) in [7, 11) is -3.60. The van der Waals surface area contributed by atoms with Gasteiger partial charge < -0.3 is 19.7 Å². The van der Waals surface area contributed by atoms with E-state index in [0.29, 0.717) is 30.2 Å². The predicted molar refractivity (Wildman–Crippen MR) is 146 cm³/mol. The van der Waals surface area contributed by atoms with Crippen LogP contribution in [0.3, 0.4) is 0 Å². The largest absolute Gasteiger partial charge is 0.454 e. The van der Waals surface area contributed by atoms with Crippen LogP contribution in [0.4, 0.5) is 5.69 Å². The SMILES string of the molecule is Cc1cccc(CN(C(=O)CCCN(c2ccc3c(c2)OCO3)S(C)(=O)=O)[C@H](C)C(=O)NC2CCCC2)c1. The molecule has 0 saturated heterocycles. The highest BCUT2D eigenvalue weighted by Gasteiger charge is 2.29. The zero-order chi connectivity index (χ0) is 27.3. The zero-order valence-corrected chi connectivity index (χ0v) is 23.1. The minimum absolute atomic E-state index is 0.0927. The molecule has 1 aliphatic heterocycles. The summed E-state index contributed by atoms with van der Waals surface area (Å²) in [6.45, 7) is 4.26. The van der Waals surface area contributed by atoms with E-state index in [4.69, 9.17) is 9.47 Å². The Hall–Kier alpha value is -3.27. The van der Waals surface area contributed by atoms with Gasteiger partial charge in [-0.3, -0.25) is 13.9 Å². The summed E-state index contributed by atoms with van der Waals surface area (Å²) >= 11 is 0. The van der Waals surface area contributed by atoms with E-state index in [1.807, 2.05) is 31.2 Å². The van der Waals surface area contributed by atoms with Crippen LogP contribution in [0.1, 0.15) is 56.6 Å². The van der Waals surface area contributed by atoms with Gasteiger partial charge >= 0.3 is 0 Å². The van der Waals surface area contributed by atoms with Gasteiger partial charge in [0, 0.05) is 31.6 Å². The van der Waals surface area contributed by atoms with Crippen LogP contribution < -0.4 is 19.1 Å². The fourth-order valence-electron chi connectivity index (χ4n) is 5.03. The number of nitrogens with zero attached hydrogens (tertiary/aromatic N) is 2. The van der Waals surface area contributed by atoms with Crippen molar-refractivity contribution in [2.75, 3.05) is 23.9 Å². The number of sulfonamides is 1. The van der Waals surface area contributed by atoms with Crippen molar-refractivity contribution in [1.29, 1.82) is 0 Å². The lowest BCUT2D eigenvalue weighted by Gasteiger charge is -2.30. The average Bonchev–Trinajstić information content (AvgIpc) is 3.55. The van der Waals surface area contributed by atoms with Crippen molar-refractivity contribution in [2.24, 2.45) is 0 Å². The third-order valence-electron chi connectivity index (χ3n) is 7.10. The van der Waals surface area contributed by atoms with E-state index in [1.165, 1.54) is 4.31 Å². The number of benzene rings is 2. The summed E-state index contributed by atoms with van der Waals surface area (Å²) in [5.41, 5.74) is 2.47. The van der Waals surface area contributed by atoms with E-state index in [0.717, 1.165) is 43.1 Å². The smallest absolute Gasteiger partial charge is 0.242 e. The molecule has 4 rings (SSSR count). The van der Waals surface area contributed by atoms with E-state index in [1.54, 1.807) is 30.0 Å². The predicted octanol–water partition coefficient (Wildman–Crippen LogP) is 3.75. The van der Waals surface area contributed by atoms with Crippen LogP contribution in [-0.2, 0) is 26.2 Å². The van der Waals surface area contributed by atoms with Crippen LogP contribution in [0, 0.1) is 6.92 Å². The van der Waals surface area contributed by atoms with Crippen LogP contribution in [0.25, 0.3) is 0 Å². The molecule has 1 fully saturated rings. The number of amides is 2. The van der Waals surface area contributed by atoms with E-state index in [-0.39, 0.29) is 37.6 Å². The first kappa shape index (κ1) is 27.8. The second kappa shape index (κ2) is 12.1. The molecular formula is C28H37N3O6S. The first-order valence-electron chi connectivity index (χ1n) is 13.1. The number of fused-ring (bicyclic) bond motifs is 1. The normalized spacial score (nSPS) is 15.8. The van der Waals surface area contributed by atoms with Gasteiger partial charge in [-0.05, 0) is 50.8 Å². The van der Waals surface area contributed by atoms with E-state index < -0.39 is 16.1 Å². The number of hydrogen-bond donors (Lipinski definition) is 1. The molecule has 0 radical (unpaired) electrons. The molecule has 1 heterocycles. The molecule has 1 aliphatic carbocycles. The fraction of sp³-hybridized carbons (Fsp3) is 0.500. The summed E-state index contributed by atoms with van der Waals surface area (Å²) in [5, 5.41) is 3.10. The maximum atomic E-state index is 13.5. The van der Waals surface area contributed by atoms with Gasteiger partial charge in [0.15, 0.2) is 11.5 Å². The topological polar surface area (TPSA) is 105 Å². The molecule has 1 saturated carbocycles. The van der Waals surface area contributed by atoms with Gasteiger partial charge in [-0.25, -0.2) is 8.42 Å². The molecule has 206 valence electrons. The number of anilines is 1. The molecule has 1 atom stereocenters. The summed E-state index contributed by atoms with van der Waals surface area (Å²) < 4.78 is 37.2. The van der Waals surface area contributed by atoms with Crippen molar-refractivity contribution >= 4 is 27.5 Å². The number of carbonyl (C=O) groups excluding carboxylic acids is 2. The van der Waals surface area contributed by atoms with Crippen molar-refractivity contribution < 1.29 is 27.5 Å². The number of aryl methyl sites for hydroxylation is 1. The maximum Gasteiger partial charge on any atom is 0.242 e. The zero-order valence-electron chi connectivity index (χ0n) is 22.3. The summed E-state index contributed by atoms with van der Waals surface area (Å²) in [4.78, 5) is 28.2. The van der Waals surface area contributed by atoms with Gasteiger partial charge in [-0.15, -0.1) is 0 Å². The molecule has 1 N–H and O–H groups in total. The number of rotatable bonds is 11. The Morgan fingerprint density at radius 3 is 2.53 bits per heavy atom. The molecule has 0 aromatic heterocycles. The Bertz CT molecular complexity index is 1260. The minimum atomic E-state index is -3.60. The molecule has 38 heavy (non-hydrogen) atoms. The van der Waals surface area contributed by atoms with E-state index >= 15 is 0 Å². The van der Waals surface area contributed by atoms with Crippen molar-refractivity contribution in [3.05, 3.63) is 53.6 Å². The highest BCUT2D eigenvalue weighted by Crippen LogP contribution is 2.36. The minimum Gasteiger partial charge on any atom is -0.454 e. The van der Waals surface area contributed by atoms with Crippen LogP contribution in [0.15, 0.2) is 42.5 Å². The first-order chi connectivity index (χ1) is 18.1. The molecule has 2 aliphatic rings. The number of nitrogens with one attached hydrogen (secondary N) is 1. The number of ether oxygens (including phenoxy) is 2. The maximum absolute atomic E-state index is 13.5. The van der Waals surface area contributed by atoms with Gasteiger partial charge in [-0.1, -0.05) is 42.7 Å². The summed E-state index contributed by atoms with van der Waals surface area (Å²) in [6.07, 6.45) is 5.66. The second-order valence-electron chi connectivity index (χ2n) is 10.2. The summed E-state index contributed by atoms with van der Waals surface area (Å²) in [5.74, 6) is 0.698. The molecule has 0 spiro atoms. The van der Waals surface area contributed by atoms with E-state index in [9.17, 15) is 18.0 Å². The highest BCUT2D eigenvalue weighted by molar-refractivity contribution is 7.92. The van der Waals surface area contributed by atoms with Crippen LogP contribution >= 0.6 is 0 Å². The molecular weight excluding hydrogens is 506 g/mol. The van der Waals surface area contributed by atoms with Gasteiger partial charge in [0.25, 0.3) is 0 Å². The van der Waals surface area contributed by atoms with Crippen molar-refractivity contribution in [3.8, 4) is 11.5 Å². The quantitative estimate of drug-likeness (QED) is 0.463. The fourth-order valence-corrected chi connectivity index (χ4v) is 5.98. The molecule has 2 aromatic rings. The van der Waals surface area contributed by atoms with Crippen LogP contribution in [0.5, 0.6) is 11.5 Å². The monoisotopic (exact) mass is 543 g/mol. The van der Waals surface area contributed by atoms with Crippen LogP contribution in [0.2, 0.25) is 0 Å². The Balaban J connectivity index is 1.45. The lowest BCUT2D eigenvalue weighted by molar-refractivity contribution is -0.141. The number of hydrogen-bond acceptors (Lipinski definition) is 6. The lowest BCUT2D eigenvalue weighted by Crippen LogP contribution is -2.49. The Labute approximate surface area is 225 Å². The van der Waals surface area contributed by atoms with Gasteiger partial charge in [-0.2, -0.15) is 0 Å². The van der Waals surface area contributed by atoms with Crippen molar-refractivity contribution in [2.45, 2.75) is 71.0 Å². The lowest BCUT2D eigenvalue weighted by atomic mass is 10.1. The molecule has 10 heteroatoms. The van der Waals surface area contributed by atoms with Gasteiger partial charge in [0.2, 0.25) is 28.6 Å². The van der Waals surface area contributed by atoms with Crippen LogP contribution in [-0.4, -0.2) is 56.8 Å². The molecule has 2 aromatic carbocycles. The van der Waals surface area contributed by atoms with E-state index in [2.05, 4.69) is 5.32 Å². The molecule has 0 bridgehead atoms.